The van der Waals surface area contributed by atoms with E-state index in [9.17, 15) is 26.4 Å². The van der Waals surface area contributed by atoms with Crippen molar-refractivity contribution in [2.75, 3.05) is 11.9 Å². The normalized spacial score (nSPS) is 12.2. The van der Waals surface area contributed by atoms with Crippen molar-refractivity contribution in [2.45, 2.75) is 24.5 Å². The maximum absolute atomic E-state index is 13.4. The van der Waals surface area contributed by atoms with Crippen molar-refractivity contribution in [1.29, 1.82) is 0 Å². The third-order valence-electron chi connectivity index (χ3n) is 4.23. The Morgan fingerprint density at radius 3 is 2.35 bits per heavy atom. The van der Waals surface area contributed by atoms with Gasteiger partial charge in [0.05, 0.1) is 17.0 Å². The summed E-state index contributed by atoms with van der Waals surface area (Å²) >= 11 is 0. The Hall–Kier alpha value is -3.18. The van der Waals surface area contributed by atoms with Gasteiger partial charge in [-0.05, 0) is 24.6 Å². The molecule has 0 fully saturated rings. The average Bonchev–Trinajstić information content (AvgIpc) is 3.12. The second kappa shape index (κ2) is 8.90. The largest absolute Gasteiger partial charge is 0.417 e. The van der Waals surface area contributed by atoms with E-state index in [-0.39, 0.29) is 12.4 Å². The Balaban J connectivity index is 1.96. The molecule has 0 unspecified atom stereocenters. The first-order chi connectivity index (χ1) is 14.6. The van der Waals surface area contributed by atoms with Crippen LogP contribution in [0.25, 0.3) is 0 Å². The first kappa shape index (κ1) is 22.5. The maximum Gasteiger partial charge on any atom is 0.417 e. The molecule has 0 spiro atoms. The summed E-state index contributed by atoms with van der Waals surface area (Å²) in [5.41, 5.74) is -0.804. The number of aryl methyl sites for hydroxylation is 1. The quantitative estimate of drug-likeness (QED) is 0.587. The van der Waals surface area contributed by atoms with Crippen LogP contribution in [0.1, 0.15) is 16.9 Å². The fraction of sp³-hybridized carbons (Fsp3) is 0.200. The first-order valence-electron chi connectivity index (χ1n) is 9.01. The number of benzene rings is 2. The van der Waals surface area contributed by atoms with E-state index in [4.69, 9.17) is 4.52 Å². The Bertz CT molecular complexity index is 1160. The van der Waals surface area contributed by atoms with Crippen LogP contribution in [0.4, 0.5) is 19.0 Å². The zero-order valence-electron chi connectivity index (χ0n) is 16.3. The lowest BCUT2D eigenvalue weighted by Crippen LogP contribution is -2.38. The lowest BCUT2D eigenvalue weighted by Gasteiger charge is -2.23. The number of rotatable bonds is 7. The topological polar surface area (TPSA) is 92.5 Å². The number of sulfonamides is 1. The molecule has 0 bridgehead atoms. The van der Waals surface area contributed by atoms with Gasteiger partial charge in [0, 0.05) is 12.6 Å². The molecule has 1 N–H and O–H groups in total. The number of anilines is 1. The Morgan fingerprint density at radius 1 is 1.10 bits per heavy atom. The van der Waals surface area contributed by atoms with E-state index in [1.54, 1.807) is 37.3 Å². The predicted molar refractivity (Wildman–Crippen MR) is 105 cm³/mol. The zero-order valence-corrected chi connectivity index (χ0v) is 17.1. The van der Waals surface area contributed by atoms with Crippen molar-refractivity contribution in [3.8, 4) is 0 Å². The van der Waals surface area contributed by atoms with Gasteiger partial charge in [-0.1, -0.05) is 47.6 Å². The second-order valence-corrected chi connectivity index (χ2v) is 8.53. The molecule has 0 saturated carbocycles. The highest BCUT2D eigenvalue weighted by Gasteiger charge is 2.39. The maximum atomic E-state index is 13.4. The predicted octanol–water partition coefficient (Wildman–Crippen LogP) is 3.83. The van der Waals surface area contributed by atoms with E-state index in [1.165, 1.54) is 12.1 Å². The molecule has 0 aliphatic heterocycles. The number of alkyl halides is 3. The van der Waals surface area contributed by atoms with Crippen LogP contribution < -0.4 is 5.32 Å². The molecule has 7 nitrogen and oxygen atoms in total. The number of hydrogen-bond acceptors (Lipinski definition) is 5. The van der Waals surface area contributed by atoms with Gasteiger partial charge in [0.15, 0.2) is 5.82 Å². The SMILES string of the molecule is Cc1cc(NC(=O)CN(Cc2ccccc2)S(=O)(=O)c2ccccc2C(F)(F)F)no1. The van der Waals surface area contributed by atoms with Gasteiger partial charge in [0.2, 0.25) is 15.9 Å². The molecule has 31 heavy (non-hydrogen) atoms. The van der Waals surface area contributed by atoms with E-state index in [0.29, 0.717) is 21.7 Å². The highest BCUT2D eigenvalue weighted by molar-refractivity contribution is 7.89. The molecule has 1 amide bonds. The molecule has 2 aromatic carbocycles. The number of aromatic nitrogens is 1. The summed E-state index contributed by atoms with van der Waals surface area (Å²) in [5, 5.41) is 5.97. The summed E-state index contributed by atoms with van der Waals surface area (Å²) in [6, 6.07) is 13.5. The lowest BCUT2D eigenvalue weighted by atomic mass is 10.2. The molecule has 0 radical (unpaired) electrons. The summed E-state index contributed by atoms with van der Waals surface area (Å²) in [6.07, 6.45) is -4.89. The van der Waals surface area contributed by atoms with E-state index < -0.39 is 39.1 Å². The minimum absolute atomic E-state index is 0.0650. The molecule has 164 valence electrons. The molecule has 11 heteroatoms. The smallest absolute Gasteiger partial charge is 0.360 e. The third-order valence-corrected chi connectivity index (χ3v) is 6.08. The summed E-state index contributed by atoms with van der Waals surface area (Å²) in [4.78, 5) is 11.5. The average molecular weight is 453 g/mol. The Kier molecular flexibility index (Phi) is 6.46. The number of halogens is 3. The van der Waals surface area contributed by atoms with Gasteiger partial charge < -0.3 is 9.84 Å². The van der Waals surface area contributed by atoms with Crippen LogP contribution >= 0.6 is 0 Å². The Labute approximate surface area is 176 Å². The molecule has 1 aromatic heterocycles. The molecule has 0 aliphatic carbocycles. The van der Waals surface area contributed by atoms with Crippen molar-refractivity contribution >= 4 is 21.7 Å². The van der Waals surface area contributed by atoms with Crippen molar-refractivity contribution < 1.29 is 30.9 Å². The molecule has 3 aromatic rings. The van der Waals surface area contributed by atoms with Crippen LogP contribution in [0.5, 0.6) is 0 Å². The minimum atomic E-state index is -4.89. The van der Waals surface area contributed by atoms with E-state index in [2.05, 4.69) is 10.5 Å². The van der Waals surface area contributed by atoms with Crippen molar-refractivity contribution in [2.24, 2.45) is 0 Å². The molecule has 0 aliphatic rings. The van der Waals surface area contributed by atoms with Crippen LogP contribution in [0, 0.1) is 6.92 Å². The van der Waals surface area contributed by atoms with E-state index >= 15 is 0 Å². The molecule has 1 heterocycles. The first-order valence-corrected chi connectivity index (χ1v) is 10.4. The highest BCUT2D eigenvalue weighted by atomic mass is 32.2. The van der Waals surface area contributed by atoms with Crippen LogP contribution in [-0.4, -0.2) is 30.3 Å². The molecular weight excluding hydrogens is 435 g/mol. The summed E-state index contributed by atoms with van der Waals surface area (Å²) in [5.74, 6) is -0.296. The van der Waals surface area contributed by atoms with E-state index in [0.717, 1.165) is 12.1 Å². The number of amides is 1. The summed E-state index contributed by atoms with van der Waals surface area (Å²) in [6.45, 7) is 0.568. The van der Waals surface area contributed by atoms with Gasteiger partial charge in [0.1, 0.15) is 5.76 Å². The zero-order chi connectivity index (χ0) is 22.6. The Morgan fingerprint density at radius 2 is 1.74 bits per heavy atom. The fourth-order valence-corrected chi connectivity index (χ4v) is 4.44. The molecule has 0 atom stereocenters. The van der Waals surface area contributed by atoms with Crippen LogP contribution in [0.15, 0.2) is 70.1 Å². The van der Waals surface area contributed by atoms with Gasteiger partial charge in [-0.2, -0.15) is 17.5 Å². The monoisotopic (exact) mass is 453 g/mol. The van der Waals surface area contributed by atoms with Gasteiger partial charge in [0.25, 0.3) is 0 Å². The fourth-order valence-electron chi connectivity index (χ4n) is 2.85. The van der Waals surface area contributed by atoms with Crippen molar-refractivity contribution in [3.63, 3.8) is 0 Å². The number of carbonyl (C=O) groups excluding carboxylic acids is 1. The van der Waals surface area contributed by atoms with Crippen LogP contribution in [0.3, 0.4) is 0 Å². The molecule has 0 saturated heterocycles. The summed E-state index contributed by atoms with van der Waals surface area (Å²) in [7, 11) is -4.69. The molecular formula is C20H18F3N3O4S. The van der Waals surface area contributed by atoms with E-state index in [1.807, 2.05) is 0 Å². The van der Waals surface area contributed by atoms with Crippen molar-refractivity contribution in [1.82, 2.24) is 9.46 Å². The van der Waals surface area contributed by atoms with Crippen LogP contribution in [0.2, 0.25) is 0 Å². The number of carbonyl (C=O) groups is 1. The number of nitrogens with zero attached hydrogens (tertiary/aromatic N) is 2. The minimum Gasteiger partial charge on any atom is -0.360 e. The number of hydrogen-bond donors (Lipinski definition) is 1. The third kappa shape index (κ3) is 5.50. The van der Waals surface area contributed by atoms with Crippen molar-refractivity contribution in [3.05, 3.63) is 77.6 Å². The van der Waals surface area contributed by atoms with Crippen LogP contribution in [-0.2, 0) is 27.5 Å². The number of nitrogens with one attached hydrogen (secondary N) is 1. The standard InChI is InChI=1S/C20H18F3N3O4S/c1-14-11-18(25-30-14)24-19(27)13-26(12-15-7-3-2-4-8-15)31(28,29)17-10-6-5-9-16(17)20(21,22)23/h2-11H,12-13H2,1H3,(H,24,25,27). The van der Waals surface area contributed by atoms with Gasteiger partial charge in [-0.3, -0.25) is 4.79 Å². The second-order valence-electron chi connectivity index (χ2n) is 6.62. The molecule has 3 rings (SSSR count). The van der Waals surface area contributed by atoms with Gasteiger partial charge in [-0.15, -0.1) is 0 Å². The highest BCUT2D eigenvalue weighted by Crippen LogP contribution is 2.35. The lowest BCUT2D eigenvalue weighted by molar-refractivity contribution is -0.139. The summed E-state index contributed by atoms with van der Waals surface area (Å²) < 4.78 is 72.3. The van der Waals surface area contributed by atoms with Gasteiger partial charge in [-0.25, -0.2) is 8.42 Å². The van der Waals surface area contributed by atoms with Gasteiger partial charge >= 0.3 is 6.18 Å².